The molecule has 0 saturated heterocycles. The van der Waals surface area contributed by atoms with Crippen molar-refractivity contribution in [2.24, 2.45) is 11.3 Å². The van der Waals surface area contributed by atoms with E-state index in [1.807, 2.05) is 0 Å². The van der Waals surface area contributed by atoms with Gasteiger partial charge in [-0.2, -0.15) is 0 Å². The SMILES string of the molecule is CCC(C)(C)[C@H]1CCc2c(sc3c2C(=O)N[C@H](c2ccc(SC)cc2)N3)C1. The van der Waals surface area contributed by atoms with E-state index in [4.69, 9.17) is 0 Å². The molecule has 0 unspecified atom stereocenters. The van der Waals surface area contributed by atoms with E-state index >= 15 is 0 Å². The van der Waals surface area contributed by atoms with E-state index in [1.165, 1.54) is 28.2 Å². The summed E-state index contributed by atoms with van der Waals surface area (Å²) in [6.07, 6.45) is 6.44. The Bertz CT molecular complexity index is 854. The molecule has 1 aliphatic carbocycles. The number of rotatable bonds is 4. The van der Waals surface area contributed by atoms with E-state index in [9.17, 15) is 4.79 Å². The van der Waals surface area contributed by atoms with Crippen LogP contribution >= 0.6 is 23.1 Å². The quantitative estimate of drug-likeness (QED) is 0.631. The lowest BCUT2D eigenvalue weighted by molar-refractivity contribution is 0.0934. The van der Waals surface area contributed by atoms with Gasteiger partial charge in [-0.3, -0.25) is 4.79 Å². The minimum Gasteiger partial charge on any atom is -0.353 e. The molecular weight excluding hydrogens is 372 g/mol. The first-order chi connectivity index (χ1) is 12.9. The van der Waals surface area contributed by atoms with Crippen LogP contribution in [0.5, 0.6) is 0 Å². The largest absolute Gasteiger partial charge is 0.353 e. The smallest absolute Gasteiger partial charge is 0.256 e. The highest BCUT2D eigenvalue weighted by Gasteiger charge is 2.37. The Labute approximate surface area is 170 Å². The molecule has 2 atom stereocenters. The van der Waals surface area contributed by atoms with Crippen LogP contribution in [-0.2, 0) is 12.8 Å². The molecule has 4 rings (SSSR count). The Kier molecular flexibility index (Phi) is 5.02. The van der Waals surface area contributed by atoms with Gasteiger partial charge in [-0.15, -0.1) is 23.1 Å². The van der Waals surface area contributed by atoms with Crippen LogP contribution in [0.4, 0.5) is 5.00 Å². The van der Waals surface area contributed by atoms with Gasteiger partial charge in [-0.1, -0.05) is 39.3 Å². The molecule has 0 bridgehead atoms. The molecule has 2 heterocycles. The minimum atomic E-state index is -0.149. The van der Waals surface area contributed by atoms with Gasteiger partial charge in [0.15, 0.2) is 0 Å². The van der Waals surface area contributed by atoms with Crippen LogP contribution in [0.2, 0.25) is 0 Å². The summed E-state index contributed by atoms with van der Waals surface area (Å²) in [6, 6.07) is 8.42. The van der Waals surface area contributed by atoms with E-state index in [-0.39, 0.29) is 12.1 Å². The fourth-order valence-electron chi connectivity index (χ4n) is 4.22. The Balaban J connectivity index is 1.60. The maximum absolute atomic E-state index is 12.9. The fourth-order valence-corrected chi connectivity index (χ4v) is 5.98. The Morgan fingerprint density at radius 2 is 1.96 bits per heavy atom. The third-order valence-electron chi connectivity index (χ3n) is 6.51. The second-order valence-corrected chi connectivity index (χ2v) is 10.3. The summed E-state index contributed by atoms with van der Waals surface area (Å²) in [5, 5.41) is 7.80. The number of anilines is 1. The van der Waals surface area contributed by atoms with Gasteiger partial charge in [-0.25, -0.2) is 0 Å². The minimum absolute atomic E-state index is 0.0772. The Hall–Kier alpha value is -1.46. The number of fused-ring (bicyclic) bond motifs is 3. The molecule has 3 nitrogen and oxygen atoms in total. The first-order valence-electron chi connectivity index (χ1n) is 9.79. The summed E-state index contributed by atoms with van der Waals surface area (Å²) < 4.78 is 0. The third-order valence-corrected chi connectivity index (χ3v) is 8.44. The topological polar surface area (TPSA) is 41.1 Å². The zero-order valence-electron chi connectivity index (χ0n) is 16.5. The van der Waals surface area contributed by atoms with Crippen LogP contribution in [-0.4, -0.2) is 12.2 Å². The highest BCUT2D eigenvalue weighted by atomic mass is 32.2. The van der Waals surface area contributed by atoms with Gasteiger partial charge in [0.2, 0.25) is 0 Å². The van der Waals surface area contributed by atoms with Crippen molar-refractivity contribution in [2.75, 3.05) is 11.6 Å². The van der Waals surface area contributed by atoms with Gasteiger partial charge < -0.3 is 10.6 Å². The number of thioether (sulfide) groups is 1. The first kappa shape index (κ1) is 18.9. The van der Waals surface area contributed by atoms with Crippen LogP contribution in [0.3, 0.4) is 0 Å². The van der Waals surface area contributed by atoms with Crippen molar-refractivity contribution in [3.63, 3.8) is 0 Å². The lowest BCUT2D eigenvalue weighted by atomic mass is 9.69. The maximum atomic E-state index is 12.9. The molecule has 27 heavy (non-hydrogen) atoms. The van der Waals surface area contributed by atoms with Crippen LogP contribution in [0.15, 0.2) is 29.2 Å². The van der Waals surface area contributed by atoms with Crippen molar-refractivity contribution in [1.82, 2.24) is 5.32 Å². The summed E-state index contributed by atoms with van der Waals surface area (Å²) in [7, 11) is 0. The van der Waals surface area contributed by atoms with Gasteiger partial charge in [-0.05, 0) is 60.1 Å². The summed E-state index contributed by atoms with van der Waals surface area (Å²) in [4.78, 5) is 15.6. The van der Waals surface area contributed by atoms with Crippen molar-refractivity contribution >= 4 is 34.0 Å². The normalized spacial score (nSPS) is 21.9. The molecule has 0 spiro atoms. The molecule has 2 aliphatic rings. The fraction of sp³-hybridized carbons (Fsp3) is 0.500. The number of nitrogens with one attached hydrogen (secondary N) is 2. The van der Waals surface area contributed by atoms with E-state index in [1.54, 1.807) is 23.1 Å². The maximum Gasteiger partial charge on any atom is 0.256 e. The van der Waals surface area contributed by atoms with Crippen LogP contribution in [0.1, 0.15) is 66.1 Å². The van der Waals surface area contributed by atoms with Crippen molar-refractivity contribution in [1.29, 1.82) is 0 Å². The molecule has 0 saturated carbocycles. The standard InChI is InChI=1S/C22H28N2OS2/c1-5-22(2,3)14-8-11-16-17(12-14)27-21-18(16)20(25)23-19(24-21)13-6-9-15(26-4)10-7-13/h6-7,9-10,14,19,24H,5,8,11-12H2,1-4H3,(H,23,25)/t14-,19-/m0/s1. The molecule has 144 valence electrons. The van der Waals surface area contributed by atoms with Crippen molar-refractivity contribution in [3.8, 4) is 0 Å². The highest BCUT2D eigenvalue weighted by molar-refractivity contribution is 7.98. The molecule has 0 radical (unpaired) electrons. The average Bonchev–Trinajstić information content (AvgIpc) is 3.06. The monoisotopic (exact) mass is 400 g/mol. The average molecular weight is 401 g/mol. The predicted octanol–water partition coefficient (Wildman–Crippen LogP) is 5.87. The van der Waals surface area contributed by atoms with Gasteiger partial charge in [0.25, 0.3) is 5.91 Å². The van der Waals surface area contributed by atoms with Gasteiger partial charge in [0.05, 0.1) is 5.56 Å². The number of carbonyl (C=O) groups excluding carboxylic acids is 1. The van der Waals surface area contributed by atoms with E-state index in [2.05, 4.69) is 61.9 Å². The van der Waals surface area contributed by atoms with E-state index < -0.39 is 0 Å². The number of thiophene rings is 1. The third kappa shape index (κ3) is 3.40. The lowest BCUT2D eigenvalue weighted by Gasteiger charge is -2.36. The second kappa shape index (κ2) is 7.17. The molecule has 1 aromatic heterocycles. The van der Waals surface area contributed by atoms with Gasteiger partial charge in [0, 0.05) is 9.77 Å². The number of hydrogen-bond acceptors (Lipinski definition) is 4. The molecule has 1 amide bonds. The Morgan fingerprint density at radius 1 is 1.22 bits per heavy atom. The van der Waals surface area contributed by atoms with E-state index in [0.717, 1.165) is 29.0 Å². The van der Waals surface area contributed by atoms with Crippen molar-refractivity contribution in [3.05, 3.63) is 45.8 Å². The zero-order valence-corrected chi connectivity index (χ0v) is 18.2. The van der Waals surface area contributed by atoms with Crippen molar-refractivity contribution < 1.29 is 4.79 Å². The molecule has 2 N–H and O–H groups in total. The van der Waals surface area contributed by atoms with Crippen LogP contribution in [0, 0.1) is 11.3 Å². The van der Waals surface area contributed by atoms with Crippen LogP contribution < -0.4 is 10.6 Å². The number of hydrogen-bond donors (Lipinski definition) is 2. The molecule has 0 fully saturated rings. The second-order valence-electron chi connectivity index (χ2n) is 8.31. The van der Waals surface area contributed by atoms with E-state index in [0.29, 0.717) is 11.3 Å². The summed E-state index contributed by atoms with van der Waals surface area (Å²) in [5.74, 6) is 0.779. The summed E-state index contributed by atoms with van der Waals surface area (Å²) in [5.41, 5.74) is 3.65. The van der Waals surface area contributed by atoms with Gasteiger partial charge >= 0.3 is 0 Å². The molecule has 1 aliphatic heterocycles. The van der Waals surface area contributed by atoms with Crippen molar-refractivity contribution in [2.45, 2.75) is 57.5 Å². The molecule has 2 aromatic rings. The molecular formula is C22H28N2OS2. The summed E-state index contributed by atoms with van der Waals surface area (Å²) >= 11 is 3.53. The molecule has 1 aromatic carbocycles. The summed E-state index contributed by atoms with van der Waals surface area (Å²) in [6.45, 7) is 7.06. The van der Waals surface area contributed by atoms with Gasteiger partial charge in [0.1, 0.15) is 11.2 Å². The Morgan fingerprint density at radius 3 is 2.63 bits per heavy atom. The number of amides is 1. The predicted molar refractivity (Wildman–Crippen MR) is 116 cm³/mol. The highest BCUT2D eigenvalue weighted by Crippen LogP contribution is 2.46. The van der Waals surface area contributed by atoms with Crippen LogP contribution in [0.25, 0.3) is 0 Å². The zero-order chi connectivity index (χ0) is 19.2. The number of carbonyl (C=O) groups is 1. The lowest BCUT2D eigenvalue weighted by Crippen LogP contribution is -2.38. The first-order valence-corrected chi connectivity index (χ1v) is 11.8. The number of benzene rings is 1. The molecule has 5 heteroatoms.